The summed E-state index contributed by atoms with van der Waals surface area (Å²) in [7, 11) is 1.52. The van der Waals surface area contributed by atoms with E-state index in [1.807, 2.05) is 31.2 Å². The lowest BCUT2D eigenvalue weighted by Gasteiger charge is -2.16. The average Bonchev–Trinajstić information content (AvgIpc) is 2.54. The van der Waals surface area contributed by atoms with Gasteiger partial charge in [-0.2, -0.15) is 0 Å². The van der Waals surface area contributed by atoms with E-state index in [0.717, 1.165) is 5.56 Å². The Kier molecular flexibility index (Phi) is 5.88. The van der Waals surface area contributed by atoms with E-state index in [9.17, 15) is 9.90 Å². The minimum absolute atomic E-state index is 0.328. The summed E-state index contributed by atoms with van der Waals surface area (Å²) in [5.41, 5.74) is 1.49. The minimum Gasteiger partial charge on any atom is -0.495 e. The maximum Gasteiger partial charge on any atom is 0.311 e. The first-order valence-electron chi connectivity index (χ1n) is 7.33. The normalized spacial score (nSPS) is 11.8. The van der Waals surface area contributed by atoms with E-state index in [4.69, 9.17) is 21.1 Å². The zero-order valence-corrected chi connectivity index (χ0v) is 13.8. The number of halogens is 1. The molecule has 0 radical (unpaired) electrons. The second kappa shape index (κ2) is 7.88. The van der Waals surface area contributed by atoms with Crippen molar-refractivity contribution in [1.82, 2.24) is 0 Å². The molecule has 0 bridgehead atoms. The number of ether oxygens (including phenoxy) is 2. The van der Waals surface area contributed by atoms with Crippen molar-refractivity contribution in [2.24, 2.45) is 0 Å². The molecule has 0 saturated heterocycles. The van der Waals surface area contributed by atoms with Crippen LogP contribution in [0.1, 0.15) is 24.0 Å². The van der Waals surface area contributed by atoms with Gasteiger partial charge >= 0.3 is 5.97 Å². The van der Waals surface area contributed by atoms with Crippen LogP contribution in [0.4, 0.5) is 0 Å². The number of hydrogen-bond donors (Lipinski definition) is 1. The second-order valence-corrected chi connectivity index (χ2v) is 5.44. The summed E-state index contributed by atoms with van der Waals surface area (Å²) in [5.74, 6) is -0.382. The number of carbonyl (C=O) groups is 1. The van der Waals surface area contributed by atoms with Crippen molar-refractivity contribution in [2.75, 3.05) is 13.7 Å². The number of aliphatic carboxylic acids is 1. The highest BCUT2D eigenvalue weighted by Gasteiger charge is 2.23. The molecule has 4 nitrogen and oxygen atoms in total. The van der Waals surface area contributed by atoms with Gasteiger partial charge in [0, 0.05) is 0 Å². The molecule has 1 atom stereocenters. The largest absolute Gasteiger partial charge is 0.495 e. The Hall–Kier alpha value is -2.20. The molecule has 23 heavy (non-hydrogen) atoms. The number of rotatable bonds is 7. The molecular formula is C18H19ClO4. The number of para-hydroxylation sites is 1. The van der Waals surface area contributed by atoms with Crippen LogP contribution in [-0.4, -0.2) is 24.8 Å². The van der Waals surface area contributed by atoms with E-state index >= 15 is 0 Å². The number of carboxylic acid groups (broad SMARTS) is 1. The summed E-state index contributed by atoms with van der Waals surface area (Å²) in [6, 6.07) is 12.5. The van der Waals surface area contributed by atoms with Crippen LogP contribution in [0.3, 0.4) is 0 Å². The maximum atomic E-state index is 11.7. The fourth-order valence-corrected chi connectivity index (χ4v) is 2.70. The van der Waals surface area contributed by atoms with Crippen molar-refractivity contribution < 1.29 is 19.4 Å². The summed E-state index contributed by atoms with van der Waals surface area (Å²) < 4.78 is 10.7. The number of methoxy groups -OCH3 is 1. The quantitative estimate of drug-likeness (QED) is 0.826. The number of carboxylic acids is 1. The molecule has 0 spiro atoms. The van der Waals surface area contributed by atoms with Crippen molar-refractivity contribution in [3.05, 3.63) is 58.6 Å². The van der Waals surface area contributed by atoms with Crippen molar-refractivity contribution in [3.63, 3.8) is 0 Å². The second-order valence-electron chi connectivity index (χ2n) is 5.03. The predicted octanol–water partition coefficient (Wildman–Crippen LogP) is 4.16. The van der Waals surface area contributed by atoms with Gasteiger partial charge in [-0.3, -0.25) is 4.79 Å². The fraction of sp³-hybridized carbons (Fsp3) is 0.278. The third-order valence-corrected chi connectivity index (χ3v) is 3.87. The van der Waals surface area contributed by atoms with Gasteiger partial charge in [0.1, 0.15) is 11.5 Å². The standard InChI is InChI=1S/C18H19ClO4/c1-3-23-16-7-5-4-6-13(16)10-14(18(20)21)12-8-9-17(22-2)15(19)11-12/h4-9,11,14H,3,10H2,1-2H3,(H,20,21). The Labute approximate surface area is 140 Å². The molecular weight excluding hydrogens is 316 g/mol. The van der Waals surface area contributed by atoms with Gasteiger partial charge < -0.3 is 14.6 Å². The van der Waals surface area contributed by atoms with Crippen LogP contribution in [-0.2, 0) is 11.2 Å². The molecule has 0 saturated carbocycles. The summed E-state index contributed by atoms with van der Waals surface area (Å²) in [4.78, 5) is 11.7. The molecule has 0 aromatic heterocycles. The highest BCUT2D eigenvalue weighted by molar-refractivity contribution is 6.32. The van der Waals surface area contributed by atoms with Crippen LogP contribution in [0, 0.1) is 0 Å². The first-order chi connectivity index (χ1) is 11.1. The van der Waals surface area contributed by atoms with Crippen molar-refractivity contribution >= 4 is 17.6 Å². The van der Waals surface area contributed by atoms with Crippen molar-refractivity contribution in [2.45, 2.75) is 19.3 Å². The van der Waals surface area contributed by atoms with E-state index in [-0.39, 0.29) is 0 Å². The van der Waals surface area contributed by atoms with Crippen molar-refractivity contribution in [1.29, 1.82) is 0 Å². The summed E-state index contributed by atoms with van der Waals surface area (Å²) in [6.45, 7) is 2.43. The van der Waals surface area contributed by atoms with E-state index in [1.165, 1.54) is 7.11 Å². The highest BCUT2D eigenvalue weighted by atomic mass is 35.5. The van der Waals surface area contributed by atoms with Crippen LogP contribution < -0.4 is 9.47 Å². The number of hydrogen-bond acceptors (Lipinski definition) is 3. The minimum atomic E-state index is -0.905. The molecule has 0 aliphatic heterocycles. The summed E-state index contributed by atoms with van der Waals surface area (Å²) in [5, 5.41) is 10.0. The zero-order valence-electron chi connectivity index (χ0n) is 13.1. The molecule has 1 N–H and O–H groups in total. The van der Waals surface area contributed by atoms with Gasteiger partial charge in [0.25, 0.3) is 0 Å². The van der Waals surface area contributed by atoms with Crippen LogP contribution in [0.2, 0.25) is 5.02 Å². The van der Waals surface area contributed by atoms with Gasteiger partial charge in [-0.25, -0.2) is 0 Å². The molecule has 5 heteroatoms. The Morgan fingerprint density at radius 1 is 1.22 bits per heavy atom. The average molecular weight is 335 g/mol. The Balaban J connectivity index is 2.33. The molecule has 0 heterocycles. The third kappa shape index (κ3) is 4.17. The van der Waals surface area contributed by atoms with Crippen LogP contribution in [0.15, 0.2) is 42.5 Å². The van der Waals surface area contributed by atoms with E-state index in [1.54, 1.807) is 18.2 Å². The van der Waals surface area contributed by atoms with Gasteiger partial charge in [-0.15, -0.1) is 0 Å². The van der Waals surface area contributed by atoms with Crippen molar-refractivity contribution in [3.8, 4) is 11.5 Å². The van der Waals surface area contributed by atoms with Gasteiger partial charge in [-0.05, 0) is 42.7 Å². The summed E-state index contributed by atoms with van der Waals surface area (Å²) >= 11 is 6.12. The molecule has 1 unspecified atom stereocenters. The van der Waals surface area contributed by atoms with Gasteiger partial charge in [0.15, 0.2) is 0 Å². The van der Waals surface area contributed by atoms with E-state index in [0.29, 0.717) is 35.1 Å². The van der Waals surface area contributed by atoms with Gasteiger partial charge in [0.2, 0.25) is 0 Å². The van der Waals surface area contributed by atoms with Crippen LogP contribution in [0.5, 0.6) is 11.5 Å². The Morgan fingerprint density at radius 3 is 2.57 bits per heavy atom. The lowest BCUT2D eigenvalue weighted by Crippen LogP contribution is -2.15. The molecule has 0 amide bonds. The smallest absolute Gasteiger partial charge is 0.311 e. The first-order valence-corrected chi connectivity index (χ1v) is 7.71. The number of benzene rings is 2. The molecule has 122 valence electrons. The van der Waals surface area contributed by atoms with Crippen LogP contribution >= 0.6 is 11.6 Å². The third-order valence-electron chi connectivity index (χ3n) is 3.57. The van der Waals surface area contributed by atoms with Gasteiger partial charge in [-0.1, -0.05) is 35.9 Å². The first kappa shape index (κ1) is 17.2. The highest BCUT2D eigenvalue weighted by Crippen LogP contribution is 2.32. The molecule has 0 fully saturated rings. The van der Waals surface area contributed by atoms with Gasteiger partial charge in [0.05, 0.1) is 24.7 Å². The zero-order chi connectivity index (χ0) is 16.8. The molecule has 2 aromatic carbocycles. The van der Waals surface area contributed by atoms with Crippen LogP contribution in [0.25, 0.3) is 0 Å². The predicted molar refractivity (Wildman–Crippen MR) is 89.7 cm³/mol. The SMILES string of the molecule is CCOc1ccccc1CC(C(=O)O)c1ccc(OC)c(Cl)c1. The fourth-order valence-electron chi connectivity index (χ4n) is 2.44. The van der Waals surface area contributed by atoms with E-state index in [2.05, 4.69) is 0 Å². The maximum absolute atomic E-state index is 11.7. The Morgan fingerprint density at radius 2 is 1.96 bits per heavy atom. The molecule has 2 rings (SSSR count). The molecule has 2 aromatic rings. The lowest BCUT2D eigenvalue weighted by atomic mass is 9.91. The molecule has 0 aliphatic rings. The van der Waals surface area contributed by atoms with E-state index < -0.39 is 11.9 Å². The monoisotopic (exact) mass is 334 g/mol. The lowest BCUT2D eigenvalue weighted by molar-refractivity contribution is -0.138. The summed E-state index contributed by atoms with van der Waals surface area (Å²) in [6.07, 6.45) is 0.328. The molecule has 0 aliphatic carbocycles. The topological polar surface area (TPSA) is 55.8 Å². The Bertz CT molecular complexity index is 684.